The van der Waals surface area contributed by atoms with E-state index in [1.807, 2.05) is 25.1 Å². The molecular weight excluding hydrogens is 244 g/mol. The zero-order valence-corrected chi connectivity index (χ0v) is 11.4. The molecule has 2 aromatic rings. The van der Waals surface area contributed by atoms with Gasteiger partial charge in [-0.15, -0.1) is 0 Å². The molecule has 0 heterocycles. The highest BCUT2D eigenvalue weighted by Crippen LogP contribution is 2.24. The van der Waals surface area contributed by atoms with Crippen molar-refractivity contribution in [1.29, 1.82) is 0 Å². The largest absolute Gasteiger partial charge is 0.388 e. The highest BCUT2D eigenvalue weighted by molar-refractivity contribution is 6.30. The summed E-state index contributed by atoms with van der Waals surface area (Å²) in [5.74, 6) is 0. The number of rotatable bonds is 3. The third-order valence-corrected chi connectivity index (χ3v) is 3.38. The fourth-order valence-electron chi connectivity index (χ4n) is 2.07. The van der Waals surface area contributed by atoms with Gasteiger partial charge in [0, 0.05) is 11.4 Å². The van der Waals surface area contributed by atoms with Crippen LogP contribution in [-0.4, -0.2) is 5.11 Å². The van der Waals surface area contributed by atoms with Crippen LogP contribution < -0.4 is 0 Å². The van der Waals surface area contributed by atoms with Crippen LogP contribution >= 0.6 is 11.6 Å². The minimum Gasteiger partial charge on any atom is -0.388 e. The van der Waals surface area contributed by atoms with E-state index in [0.717, 1.165) is 16.7 Å². The first kappa shape index (κ1) is 13.1. The van der Waals surface area contributed by atoms with Crippen molar-refractivity contribution in [2.24, 2.45) is 0 Å². The molecule has 0 radical (unpaired) electrons. The average Bonchev–Trinajstić information content (AvgIpc) is 2.32. The Morgan fingerprint density at radius 2 is 1.72 bits per heavy atom. The molecule has 94 valence electrons. The number of aryl methyl sites for hydroxylation is 2. The molecule has 0 bridgehead atoms. The zero-order chi connectivity index (χ0) is 13.1. The number of halogens is 1. The number of aliphatic hydroxyl groups is 1. The maximum Gasteiger partial charge on any atom is 0.0832 e. The van der Waals surface area contributed by atoms with Gasteiger partial charge in [0.15, 0.2) is 0 Å². The predicted octanol–water partition coefficient (Wildman–Crippen LogP) is 4.23. The van der Waals surface area contributed by atoms with Crippen molar-refractivity contribution in [3.63, 3.8) is 0 Å². The van der Waals surface area contributed by atoms with Crippen LogP contribution in [0, 0.1) is 13.8 Å². The highest BCUT2D eigenvalue weighted by Gasteiger charge is 2.11. The molecule has 18 heavy (non-hydrogen) atoms. The third-order valence-electron chi connectivity index (χ3n) is 3.14. The zero-order valence-electron chi connectivity index (χ0n) is 10.7. The minimum absolute atomic E-state index is 0.482. The van der Waals surface area contributed by atoms with Gasteiger partial charge in [0.25, 0.3) is 0 Å². The van der Waals surface area contributed by atoms with Gasteiger partial charge >= 0.3 is 0 Å². The van der Waals surface area contributed by atoms with E-state index < -0.39 is 6.10 Å². The second-order valence-corrected chi connectivity index (χ2v) is 5.14. The van der Waals surface area contributed by atoms with Crippen molar-refractivity contribution >= 4 is 11.6 Å². The molecule has 0 amide bonds. The Labute approximate surface area is 113 Å². The molecule has 0 aliphatic rings. The molecule has 0 saturated carbocycles. The van der Waals surface area contributed by atoms with Crippen LogP contribution in [0.1, 0.15) is 28.4 Å². The van der Waals surface area contributed by atoms with Crippen LogP contribution in [0.3, 0.4) is 0 Å². The molecule has 2 heteroatoms. The lowest BCUT2D eigenvalue weighted by atomic mass is 9.97. The summed E-state index contributed by atoms with van der Waals surface area (Å²) in [5, 5.41) is 11.0. The second-order valence-electron chi connectivity index (χ2n) is 4.71. The monoisotopic (exact) mass is 260 g/mol. The van der Waals surface area contributed by atoms with Gasteiger partial charge in [-0.1, -0.05) is 47.5 Å². The first-order valence-corrected chi connectivity index (χ1v) is 6.44. The smallest absolute Gasteiger partial charge is 0.0832 e. The molecule has 0 aliphatic heterocycles. The fraction of sp³-hybridized carbons (Fsp3) is 0.250. The molecule has 1 atom stereocenters. The molecular formula is C16H17ClO. The van der Waals surface area contributed by atoms with E-state index in [-0.39, 0.29) is 0 Å². The maximum absolute atomic E-state index is 10.3. The number of hydrogen-bond acceptors (Lipinski definition) is 1. The normalized spacial score (nSPS) is 12.4. The summed E-state index contributed by atoms with van der Waals surface area (Å²) in [6, 6.07) is 13.9. The van der Waals surface area contributed by atoms with Gasteiger partial charge in [0.2, 0.25) is 0 Å². The molecule has 0 aromatic heterocycles. The van der Waals surface area contributed by atoms with Crippen molar-refractivity contribution in [3.05, 3.63) is 69.7 Å². The first-order chi connectivity index (χ1) is 8.56. The fourth-order valence-corrected chi connectivity index (χ4v) is 2.30. The number of aliphatic hydroxyl groups excluding tert-OH is 1. The Morgan fingerprint density at radius 1 is 1.06 bits per heavy atom. The molecule has 0 saturated heterocycles. The van der Waals surface area contributed by atoms with Crippen molar-refractivity contribution in [1.82, 2.24) is 0 Å². The van der Waals surface area contributed by atoms with Crippen LogP contribution in [0.5, 0.6) is 0 Å². The molecule has 1 N–H and O–H groups in total. The Bertz CT molecular complexity index is 531. The Morgan fingerprint density at radius 3 is 2.33 bits per heavy atom. The van der Waals surface area contributed by atoms with Crippen LogP contribution in [0.25, 0.3) is 0 Å². The van der Waals surface area contributed by atoms with E-state index in [0.29, 0.717) is 11.4 Å². The molecule has 1 unspecified atom stereocenters. The van der Waals surface area contributed by atoms with E-state index in [2.05, 4.69) is 31.2 Å². The molecule has 2 aromatic carbocycles. The Balaban J connectivity index is 2.16. The van der Waals surface area contributed by atoms with E-state index in [4.69, 9.17) is 11.6 Å². The molecule has 2 rings (SSSR count). The Hall–Kier alpha value is -1.31. The third kappa shape index (κ3) is 3.12. The molecule has 0 fully saturated rings. The van der Waals surface area contributed by atoms with Crippen LogP contribution in [0.4, 0.5) is 0 Å². The average molecular weight is 261 g/mol. The van der Waals surface area contributed by atoms with Gasteiger partial charge in [-0.05, 0) is 42.7 Å². The van der Waals surface area contributed by atoms with Crippen LogP contribution in [-0.2, 0) is 6.42 Å². The predicted molar refractivity (Wildman–Crippen MR) is 76.0 cm³/mol. The van der Waals surface area contributed by atoms with E-state index >= 15 is 0 Å². The summed E-state index contributed by atoms with van der Waals surface area (Å²) in [7, 11) is 0. The molecule has 1 nitrogen and oxygen atoms in total. The summed E-state index contributed by atoms with van der Waals surface area (Å²) >= 11 is 5.92. The van der Waals surface area contributed by atoms with Gasteiger partial charge in [-0.25, -0.2) is 0 Å². The van der Waals surface area contributed by atoms with Crippen molar-refractivity contribution in [2.45, 2.75) is 26.4 Å². The maximum atomic E-state index is 10.3. The summed E-state index contributed by atoms with van der Waals surface area (Å²) in [5.41, 5.74) is 4.35. The van der Waals surface area contributed by atoms with Gasteiger partial charge in [-0.2, -0.15) is 0 Å². The van der Waals surface area contributed by atoms with E-state index in [1.54, 1.807) is 0 Å². The highest BCUT2D eigenvalue weighted by atomic mass is 35.5. The van der Waals surface area contributed by atoms with Gasteiger partial charge in [0.1, 0.15) is 0 Å². The van der Waals surface area contributed by atoms with E-state index in [1.165, 1.54) is 5.56 Å². The summed E-state index contributed by atoms with van der Waals surface area (Å²) in [4.78, 5) is 0. The Kier molecular flexibility index (Phi) is 4.05. The lowest BCUT2D eigenvalue weighted by Gasteiger charge is -2.14. The number of benzene rings is 2. The second kappa shape index (κ2) is 5.55. The summed E-state index contributed by atoms with van der Waals surface area (Å²) < 4.78 is 0. The van der Waals surface area contributed by atoms with Gasteiger partial charge < -0.3 is 5.11 Å². The lowest BCUT2D eigenvalue weighted by Crippen LogP contribution is -2.03. The topological polar surface area (TPSA) is 20.2 Å². The van der Waals surface area contributed by atoms with Gasteiger partial charge in [0.05, 0.1) is 6.10 Å². The summed E-state index contributed by atoms with van der Waals surface area (Å²) in [6.45, 7) is 4.03. The van der Waals surface area contributed by atoms with Crippen molar-refractivity contribution < 1.29 is 5.11 Å². The lowest BCUT2D eigenvalue weighted by molar-refractivity contribution is 0.177. The molecule has 0 aliphatic carbocycles. The minimum atomic E-state index is -0.482. The summed E-state index contributed by atoms with van der Waals surface area (Å²) in [6.07, 6.45) is 0.146. The van der Waals surface area contributed by atoms with Gasteiger partial charge in [-0.3, -0.25) is 0 Å². The standard InChI is InChI=1S/C16H17ClO/c1-11-3-5-13(6-4-11)10-16(18)15-8-7-14(17)9-12(15)2/h3-9,16,18H,10H2,1-2H3. The first-order valence-electron chi connectivity index (χ1n) is 6.06. The SMILES string of the molecule is Cc1ccc(CC(O)c2ccc(Cl)cc2C)cc1. The van der Waals surface area contributed by atoms with Crippen molar-refractivity contribution in [3.8, 4) is 0 Å². The number of hydrogen-bond donors (Lipinski definition) is 1. The van der Waals surface area contributed by atoms with Crippen LogP contribution in [0.15, 0.2) is 42.5 Å². The van der Waals surface area contributed by atoms with E-state index in [9.17, 15) is 5.11 Å². The molecule has 0 spiro atoms. The quantitative estimate of drug-likeness (QED) is 0.876. The van der Waals surface area contributed by atoms with Crippen molar-refractivity contribution in [2.75, 3.05) is 0 Å². The van der Waals surface area contributed by atoms with Crippen LogP contribution in [0.2, 0.25) is 5.02 Å².